The van der Waals surface area contributed by atoms with Crippen molar-refractivity contribution in [2.45, 2.75) is 32.6 Å². The third-order valence-corrected chi connectivity index (χ3v) is 10.2. The number of para-hydroxylation sites is 1. The first-order valence-corrected chi connectivity index (χ1v) is 15.7. The predicted octanol–water partition coefficient (Wildman–Crippen LogP) is 11.3. The molecule has 210 valence electrons. The zero-order valence-electron chi connectivity index (χ0n) is 25.4. The molecule has 7 aromatic rings. The third-order valence-electron chi connectivity index (χ3n) is 10.2. The highest BCUT2D eigenvalue weighted by molar-refractivity contribution is 6.21. The van der Waals surface area contributed by atoms with E-state index in [1.54, 1.807) is 0 Å². The van der Waals surface area contributed by atoms with Crippen molar-refractivity contribution in [2.75, 3.05) is 0 Å². The van der Waals surface area contributed by atoms with Gasteiger partial charge in [-0.3, -0.25) is 0 Å². The van der Waals surface area contributed by atoms with E-state index in [1.165, 1.54) is 88.4 Å². The molecule has 9 rings (SSSR count). The van der Waals surface area contributed by atoms with Crippen LogP contribution in [0.2, 0.25) is 0 Å². The summed E-state index contributed by atoms with van der Waals surface area (Å²) in [5.41, 5.74) is 16.1. The minimum Gasteiger partial charge on any atom is -0.309 e. The quantitative estimate of drug-likeness (QED) is 0.201. The van der Waals surface area contributed by atoms with E-state index in [4.69, 9.17) is 0 Å². The summed E-state index contributed by atoms with van der Waals surface area (Å²) in [4.78, 5) is 0. The second-order valence-corrected chi connectivity index (χ2v) is 13.0. The van der Waals surface area contributed by atoms with Gasteiger partial charge in [0.1, 0.15) is 0 Å². The molecule has 2 aliphatic carbocycles. The van der Waals surface area contributed by atoms with E-state index in [0.717, 1.165) is 6.42 Å². The molecule has 0 bridgehead atoms. The molecular weight excluding hydrogens is 530 g/mol. The van der Waals surface area contributed by atoms with Crippen LogP contribution < -0.4 is 0 Å². The van der Waals surface area contributed by atoms with Crippen molar-refractivity contribution >= 4 is 44.2 Å². The van der Waals surface area contributed by atoms with E-state index in [1.807, 2.05) is 0 Å². The molecule has 1 heterocycles. The van der Waals surface area contributed by atoms with Gasteiger partial charge in [-0.1, -0.05) is 135 Å². The van der Waals surface area contributed by atoms with Crippen LogP contribution in [-0.2, 0) is 11.8 Å². The van der Waals surface area contributed by atoms with Crippen molar-refractivity contribution in [2.24, 2.45) is 0 Å². The first-order valence-electron chi connectivity index (χ1n) is 15.7. The van der Waals surface area contributed by atoms with Gasteiger partial charge in [0.15, 0.2) is 0 Å². The average molecular weight is 564 g/mol. The lowest BCUT2D eigenvalue weighted by Crippen LogP contribution is -2.14. The third kappa shape index (κ3) is 3.47. The highest BCUT2D eigenvalue weighted by Crippen LogP contribution is 2.52. The molecule has 6 aromatic carbocycles. The molecule has 1 nitrogen and oxygen atoms in total. The highest BCUT2D eigenvalue weighted by Gasteiger charge is 2.36. The lowest BCUT2D eigenvalue weighted by molar-refractivity contribution is 0.661. The summed E-state index contributed by atoms with van der Waals surface area (Å²) < 4.78 is 2.47. The Kier molecular flexibility index (Phi) is 5.29. The average Bonchev–Trinajstić information content (AvgIpc) is 3.65. The van der Waals surface area contributed by atoms with Gasteiger partial charge in [0.05, 0.1) is 11.0 Å². The van der Waals surface area contributed by atoms with Crippen molar-refractivity contribution < 1.29 is 0 Å². The standard InChI is InChI=1S/C43H33N/c1-27-26-29-10-4-5-11-32(29)31(27)21-18-28-16-19-30(20-17-28)44-40-15-9-7-12-33(40)35-23-22-34-36(42(35)44)24-25-39-41(34)37-13-6-8-14-38(37)43(39,2)3/h4-25H,26H2,1-3H3/b21-18-. The molecule has 0 atom stereocenters. The minimum absolute atomic E-state index is 0.0136. The van der Waals surface area contributed by atoms with Crippen molar-refractivity contribution in [1.82, 2.24) is 4.57 Å². The summed E-state index contributed by atoms with van der Waals surface area (Å²) in [6.07, 6.45) is 5.60. The van der Waals surface area contributed by atoms with Crippen LogP contribution in [0.25, 0.3) is 61.0 Å². The molecule has 44 heavy (non-hydrogen) atoms. The molecule has 0 aliphatic heterocycles. The second kappa shape index (κ2) is 9.18. The van der Waals surface area contributed by atoms with Gasteiger partial charge in [0, 0.05) is 27.3 Å². The molecule has 1 heteroatoms. The Morgan fingerprint density at radius 1 is 0.591 bits per heavy atom. The molecule has 2 aliphatic rings. The molecule has 0 N–H and O–H groups in total. The Bertz CT molecular complexity index is 2370. The maximum absolute atomic E-state index is 2.47. The predicted molar refractivity (Wildman–Crippen MR) is 188 cm³/mol. The van der Waals surface area contributed by atoms with Crippen LogP contribution in [0.1, 0.15) is 48.6 Å². The van der Waals surface area contributed by atoms with Gasteiger partial charge >= 0.3 is 0 Å². The van der Waals surface area contributed by atoms with Gasteiger partial charge in [0.2, 0.25) is 0 Å². The SMILES string of the molecule is CC1=C(/C=C\c2ccc(-n3c4ccccc4c4ccc5c6c(ccc5c43)C(C)(C)c3ccccc3-6)cc2)c2ccccc2C1. The fourth-order valence-corrected chi connectivity index (χ4v) is 8.03. The summed E-state index contributed by atoms with van der Waals surface area (Å²) >= 11 is 0. The summed E-state index contributed by atoms with van der Waals surface area (Å²) in [5, 5.41) is 5.22. The zero-order chi connectivity index (χ0) is 29.6. The molecule has 0 saturated carbocycles. The van der Waals surface area contributed by atoms with Gasteiger partial charge in [-0.15, -0.1) is 0 Å². The van der Waals surface area contributed by atoms with E-state index in [2.05, 4.69) is 159 Å². The fourth-order valence-electron chi connectivity index (χ4n) is 8.03. The Morgan fingerprint density at radius 3 is 2.14 bits per heavy atom. The van der Waals surface area contributed by atoms with Gasteiger partial charge in [-0.25, -0.2) is 0 Å². The van der Waals surface area contributed by atoms with Gasteiger partial charge in [0.25, 0.3) is 0 Å². The summed E-state index contributed by atoms with van der Waals surface area (Å²) in [6, 6.07) is 45.1. The van der Waals surface area contributed by atoms with Crippen LogP contribution in [0.15, 0.2) is 133 Å². The molecule has 1 aromatic heterocycles. The van der Waals surface area contributed by atoms with Gasteiger partial charge < -0.3 is 4.57 Å². The molecule has 0 spiro atoms. The Balaban J connectivity index is 1.22. The summed E-state index contributed by atoms with van der Waals surface area (Å²) in [5.74, 6) is 0. The normalized spacial score (nSPS) is 15.1. The lowest BCUT2D eigenvalue weighted by atomic mass is 9.82. The lowest BCUT2D eigenvalue weighted by Gasteiger charge is -2.21. The maximum Gasteiger partial charge on any atom is 0.0619 e. The van der Waals surface area contributed by atoms with Crippen molar-refractivity contribution in [1.29, 1.82) is 0 Å². The van der Waals surface area contributed by atoms with Crippen LogP contribution in [0.4, 0.5) is 0 Å². The second-order valence-electron chi connectivity index (χ2n) is 13.0. The first kappa shape index (κ1) is 25.4. The number of aromatic nitrogens is 1. The molecule has 0 radical (unpaired) electrons. The van der Waals surface area contributed by atoms with Gasteiger partial charge in [-0.05, 0) is 81.4 Å². The summed E-state index contributed by atoms with van der Waals surface area (Å²) in [7, 11) is 0. The fraction of sp³-hybridized carbons (Fsp3) is 0.116. The monoisotopic (exact) mass is 563 g/mol. The Hall–Kier alpha value is -5.14. The van der Waals surface area contributed by atoms with E-state index in [9.17, 15) is 0 Å². The van der Waals surface area contributed by atoms with Crippen molar-refractivity contribution in [3.8, 4) is 16.8 Å². The number of rotatable bonds is 3. The van der Waals surface area contributed by atoms with Crippen LogP contribution in [-0.4, -0.2) is 4.57 Å². The molecular formula is C43H33N. The van der Waals surface area contributed by atoms with Crippen molar-refractivity contribution in [3.63, 3.8) is 0 Å². The van der Waals surface area contributed by atoms with E-state index in [0.29, 0.717) is 0 Å². The first-order chi connectivity index (χ1) is 21.5. The number of hydrogen-bond donors (Lipinski definition) is 0. The molecule has 0 amide bonds. The van der Waals surface area contributed by atoms with E-state index < -0.39 is 0 Å². The zero-order valence-corrected chi connectivity index (χ0v) is 25.4. The maximum atomic E-state index is 2.47. The minimum atomic E-state index is -0.0136. The van der Waals surface area contributed by atoms with E-state index in [-0.39, 0.29) is 5.41 Å². The number of nitrogens with zero attached hydrogens (tertiary/aromatic N) is 1. The smallest absolute Gasteiger partial charge is 0.0619 e. The topological polar surface area (TPSA) is 4.93 Å². The van der Waals surface area contributed by atoms with Crippen molar-refractivity contribution in [3.05, 3.63) is 161 Å². The largest absolute Gasteiger partial charge is 0.309 e. The van der Waals surface area contributed by atoms with Gasteiger partial charge in [-0.2, -0.15) is 0 Å². The molecule has 0 saturated heterocycles. The van der Waals surface area contributed by atoms with Crippen LogP contribution in [0, 0.1) is 0 Å². The molecule has 0 fully saturated rings. The highest BCUT2D eigenvalue weighted by atomic mass is 15.0. The number of hydrogen-bond acceptors (Lipinski definition) is 0. The number of allylic oxidation sites excluding steroid dienone is 3. The van der Waals surface area contributed by atoms with Crippen LogP contribution in [0.3, 0.4) is 0 Å². The van der Waals surface area contributed by atoms with Crippen LogP contribution in [0.5, 0.6) is 0 Å². The van der Waals surface area contributed by atoms with E-state index >= 15 is 0 Å². The number of fused-ring (bicyclic) bond motifs is 10. The molecule has 0 unspecified atom stereocenters. The Morgan fingerprint density at radius 2 is 1.27 bits per heavy atom. The Labute approximate surface area is 258 Å². The van der Waals surface area contributed by atoms with Crippen LogP contribution >= 0.6 is 0 Å². The summed E-state index contributed by atoms with van der Waals surface area (Å²) in [6.45, 7) is 6.97. The number of benzene rings is 6.